The van der Waals surface area contributed by atoms with E-state index in [9.17, 15) is 14.7 Å². The molecule has 0 aliphatic heterocycles. The summed E-state index contributed by atoms with van der Waals surface area (Å²) >= 11 is 0. The number of hydrogen-bond donors (Lipinski definition) is 4. The van der Waals surface area contributed by atoms with Gasteiger partial charge in [0, 0.05) is 41.3 Å². The Bertz CT molecular complexity index is 1220. The van der Waals surface area contributed by atoms with Gasteiger partial charge in [-0.05, 0) is 56.0 Å². The van der Waals surface area contributed by atoms with Crippen LogP contribution >= 0.6 is 0 Å². The number of pyridine rings is 1. The van der Waals surface area contributed by atoms with Crippen LogP contribution in [-0.4, -0.2) is 32.5 Å². The summed E-state index contributed by atoms with van der Waals surface area (Å²) in [6, 6.07) is 6.34. The maximum absolute atomic E-state index is 12.5. The first-order valence-corrected chi connectivity index (χ1v) is 11.1. The number of hydrogen-bond acceptors (Lipinski definition) is 5. The highest BCUT2D eigenvalue weighted by Gasteiger charge is 2.25. The van der Waals surface area contributed by atoms with E-state index in [0.29, 0.717) is 17.7 Å². The van der Waals surface area contributed by atoms with Gasteiger partial charge in [0.1, 0.15) is 0 Å². The number of H-pyrrole nitrogens is 1. The first-order valence-electron chi connectivity index (χ1n) is 11.1. The van der Waals surface area contributed by atoms with Crippen LogP contribution in [0.1, 0.15) is 49.4 Å². The fourth-order valence-corrected chi connectivity index (χ4v) is 4.53. The minimum Gasteiger partial charge on any atom is -0.504 e. The van der Waals surface area contributed by atoms with Gasteiger partial charge in [-0.25, -0.2) is 4.79 Å². The molecule has 0 spiro atoms. The van der Waals surface area contributed by atoms with E-state index in [1.165, 1.54) is 18.5 Å². The van der Waals surface area contributed by atoms with Gasteiger partial charge in [0.15, 0.2) is 5.75 Å². The molecule has 1 aliphatic rings. The van der Waals surface area contributed by atoms with Crippen LogP contribution in [-0.2, 0) is 26.4 Å². The molecule has 0 bridgehead atoms. The number of aromatic amines is 1. The van der Waals surface area contributed by atoms with E-state index < -0.39 is 23.2 Å². The summed E-state index contributed by atoms with van der Waals surface area (Å²) in [5.74, 6) is -0.971. The van der Waals surface area contributed by atoms with Crippen LogP contribution in [0.25, 0.3) is 22.2 Å². The van der Waals surface area contributed by atoms with Gasteiger partial charge in [-0.3, -0.25) is 4.79 Å². The Kier molecular flexibility index (Phi) is 6.23. The number of ether oxygens (including phenoxy) is 1. The van der Waals surface area contributed by atoms with Crippen molar-refractivity contribution in [2.45, 2.75) is 52.0 Å². The summed E-state index contributed by atoms with van der Waals surface area (Å²) in [4.78, 5) is 26.1. The smallest absolute Gasteiger partial charge is 0.504 e. The predicted molar refractivity (Wildman–Crippen MR) is 123 cm³/mol. The lowest BCUT2D eigenvalue weighted by atomic mass is 9.99. The number of aromatic nitrogens is 2. The topological polar surface area (TPSA) is 117 Å². The van der Waals surface area contributed by atoms with Crippen LogP contribution < -0.4 is 15.6 Å². The molecule has 0 atom stereocenters. The summed E-state index contributed by atoms with van der Waals surface area (Å²) < 4.78 is 6.73. The molecule has 4 rings (SSSR count). The second-order valence-corrected chi connectivity index (χ2v) is 8.35. The number of aryl methyl sites for hydroxylation is 2. The Balaban J connectivity index is 1.74. The Morgan fingerprint density at radius 3 is 2.81 bits per heavy atom. The predicted octanol–water partition coefficient (Wildman–Crippen LogP) is 4.06. The maximum atomic E-state index is 12.5. The van der Waals surface area contributed by atoms with E-state index in [4.69, 9.17) is 5.11 Å². The van der Waals surface area contributed by atoms with E-state index in [0.717, 1.165) is 54.4 Å². The number of unbranched alkanes of at least 4 members (excludes halogenated alkanes) is 2. The van der Waals surface area contributed by atoms with Crippen molar-refractivity contribution >= 4 is 17.1 Å². The molecule has 0 saturated carbocycles. The highest BCUT2D eigenvalue weighted by Crippen LogP contribution is 2.40. The fourth-order valence-electron chi connectivity index (χ4n) is 4.53. The molecule has 0 fully saturated rings. The van der Waals surface area contributed by atoms with Gasteiger partial charge in [0.05, 0.1) is 5.69 Å². The van der Waals surface area contributed by atoms with Gasteiger partial charge in [0.2, 0.25) is 5.75 Å². The number of nitrogens with one attached hydrogen (secondary N) is 2. The number of benzene rings is 1. The van der Waals surface area contributed by atoms with Gasteiger partial charge in [0.25, 0.3) is 5.56 Å². The zero-order chi connectivity index (χ0) is 22.8. The normalized spacial score (nSPS) is 12.9. The molecule has 0 radical (unpaired) electrons. The molecular weight excluding hydrogens is 410 g/mol. The van der Waals surface area contributed by atoms with E-state index in [2.05, 4.69) is 45.7 Å². The zero-order valence-electron chi connectivity index (χ0n) is 18.5. The molecule has 1 aliphatic carbocycles. The standard InChI is InChI=1S/C24H29N3O5/c1-3-4-5-9-25-13-16-10-15-11-18-14(12-19(15)27(16)2)7-6-8-17-20(18)26-23(29)22(21(17)28)32-24(30)31/h10-12,25H,3-9,13H2,1-2H3,(H,30,31)(H2,26,28,29). The molecule has 0 saturated heterocycles. The summed E-state index contributed by atoms with van der Waals surface area (Å²) in [6.07, 6.45) is 3.99. The van der Waals surface area contributed by atoms with Crippen molar-refractivity contribution in [3.8, 4) is 22.8 Å². The average molecular weight is 440 g/mol. The van der Waals surface area contributed by atoms with E-state index in [1.807, 2.05) is 6.07 Å². The Hall–Kier alpha value is -3.26. The van der Waals surface area contributed by atoms with E-state index in [1.54, 1.807) is 0 Å². The third kappa shape index (κ3) is 4.10. The molecule has 3 aromatic rings. The SMILES string of the molecule is CCCCCNCc1cc2cc3c(cc2n1C)CCCc1c-3[nH]c(=O)c(OC(=O)O)c1O. The number of carboxylic acid groups (broad SMARTS) is 1. The van der Waals surface area contributed by atoms with Crippen molar-refractivity contribution in [1.82, 2.24) is 14.9 Å². The van der Waals surface area contributed by atoms with Crippen molar-refractivity contribution < 1.29 is 19.7 Å². The lowest BCUT2D eigenvalue weighted by Gasteiger charge is -2.13. The van der Waals surface area contributed by atoms with Gasteiger partial charge < -0.3 is 29.8 Å². The Morgan fingerprint density at radius 1 is 1.25 bits per heavy atom. The second-order valence-electron chi connectivity index (χ2n) is 8.35. The van der Waals surface area contributed by atoms with Gasteiger partial charge in [-0.15, -0.1) is 0 Å². The third-order valence-electron chi connectivity index (χ3n) is 6.21. The van der Waals surface area contributed by atoms with Gasteiger partial charge in [-0.1, -0.05) is 19.8 Å². The van der Waals surface area contributed by atoms with Crippen LogP contribution in [0.2, 0.25) is 0 Å². The van der Waals surface area contributed by atoms with Crippen molar-refractivity contribution in [2.24, 2.45) is 7.05 Å². The highest BCUT2D eigenvalue weighted by atomic mass is 16.7. The lowest BCUT2D eigenvalue weighted by Crippen LogP contribution is -2.17. The van der Waals surface area contributed by atoms with Gasteiger partial charge >= 0.3 is 6.16 Å². The van der Waals surface area contributed by atoms with Crippen LogP contribution in [0.5, 0.6) is 11.5 Å². The molecule has 0 unspecified atom stereocenters. The van der Waals surface area contributed by atoms with Gasteiger partial charge in [-0.2, -0.15) is 0 Å². The first-order chi connectivity index (χ1) is 15.4. The Morgan fingerprint density at radius 2 is 2.06 bits per heavy atom. The number of carbonyl (C=O) groups is 1. The summed E-state index contributed by atoms with van der Waals surface area (Å²) in [5, 5.41) is 24.1. The summed E-state index contributed by atoms with van der Waals surface area (Å²) in [5.41, 5.74) is 4.51. The maximum Gasteiger partial charge on any atom is 0.511 e. The minimum atomic E-state index is -1.64. The largest absolute Gasteiger partial charge is 0.511 e. The molecule has 2 aromatic heterocycles. The zero-order valence-corrected chi connectivity index (χ0v) is 18.5. The third-order valence-corrected chi connectivity index (χ3v) is 6.21. The van der Waals surface area contributed by atoms with E-state index in [-0.39, 0.29) is 0 Å². The number of fused-ring (bicyclic) bond motifs is 4. The first kappa shape index (κ1) is 22.0. The molecule has 2 heterocycles. The minimum absolute atomic E-state index is 0.399. The van der Waals surface area contributed by atoms with Crippen molar-refractivity contribution in [1.29, 1.82) is 0 Å². The molecule has 170 valence electrons. The molecule has 8 heteroatoms. The Labute approximate surface area is 185 Å². The van der Waals surface area contributed by atoms with Crippen molar-refractivity contribution in [2.75, 3.05) is 6.54 Å². The van der Waals surface area contributed by atoms with E-state index >= 15 is 0 Å². The fraction of sp³-hybridized carbons (Fsp3) is 0.417. The van der Waals surface area contributed by atoms with Crippen molar-refractivity contribution in [3.63, 3.8) is 0 Å². The molecule has 0 amide bonds. The number of rotatable bonds is 7. The molecular formula is C24H29N3O5. The number of aromatic hydroxyl groups is 1. The average Bonchev–Trinajstić information content (AvgIpc) is 2.94. The van der Waals surface area contributed by atoms with Crippen LogP contribution in [0.3, 0.4) is 0 Å². The van der Waals surface area contributed by atoms with Crippen LogP contribution in [0.15, 0.2) is 23.0 Å². The monoisotopic (exact) mass is 439 g/mol. The molecule has 1 aromatic carbocycles. The number of nitrogens with zero attached hydrogens (tertiary/aromatic N) is 1. The highest BCUT2D eigenvalue weighted by molar-refractivity contribution is 5.89. The second kappa shape index (κ2) is 9.08. The van der Waals surface area contributed by atoms with Crippen LogP contribution in [0, 0.1) is 0 Å². The summed E-state index contributed by atoms with van der Waals surface area (Å²) in [7, 11) is 2.06. The molecule has 8 nitrogen and oxygen atoms in total. The summed E-state index contributed by atoms with van der Waals surface area (Å²) in [6.45, 7) is 3.96. The lowest BCUT2D eigenvalue weighted by molar-refractivity contribution is 0.142. The quantitative estimate of drug-likeness (QED) is 0.326. The van der Waals surface area contributed by atoms with Crippen LogP contribution in [0.4, 0.5) is 4.79 Å². The molecule has 32 heavy (non-hydrogen) atoms. The molecule has 4 N–H and O–H groups in total. The van der Waals surface area contributed by atoms with Crippen molar-refractivity contribution in [3.05, 3.63) is 45.4 Å².